The number of hydrogen-bond acceptors (Lipinski definition) is 2. The van der Waals surface area contributed by atoms with Crippen LogP contribution in [-0.2, 0) is 6.42 Å². The van der Waals surface area contributed by atoms with Gasteiger partial charge in [0.2, 0.25) is 0 Å². The van der Waals surface area contributed by atoms with Crippen LogP contribution in [0.4, 0.5) is 0 Å². The smallest absolute Gasteiger partial charge is 0.0473 e. The standard InChI is InChI=1S/C18H30N2/c1-4-11-20(17-9-10-17)18(13-19)16-7-5-15(6-8-16)12-14(2)3/h5-8,14,17-18H,4,9-13,19H2,1-3H3. The van der Waals surface area contributed by atoms with Crippen molar-refractivity contribution in [1.29, 1.82) is 0 Å². The molecule has 2 N–H and O–H groups in total. The maximum Gasteiger partial charge on any atom is 0.0473 e. The van der Waals surface area contributed by atoms with Crippen molar-refractivity contribution in [3.63, 3.8) is 0 Å². The summed E-state index contributed by atoms with van der Waals surface area (Å²) in [4.78, 5) is 2.62. The second-order valence-corrected chi connectivity index (χ2v) is 6.56. The Labute approximate surface area is 124 Å². The lowest BCUT2D eigenvalue weighted by Crippen LogP contribution is -2.36. The number of nitrogens with two attached hydrogens (primary N) is 1. The molecule has 2 heteroatoms. The Morgan fingerprint density at radius 2 is 1.85 bits per heavy atom. The summed E-state index contributed by atoms with van der Waals surface area (Å²) < 4.78 is 0. The van der Waals surface area contributed by atoms with Gasteiger partial charge in [-0.15, -0.1) is 0 Å². The third-order valence-corrected chi connectivity index (χ3v) is 4.13. The Bertz CT molecular complexity index is 392. The molecular weight excluding hydrogens is 244 g/mol. The molecule has 1 atom stereocenters. The van der Waals surface area contributed by atoms with Crippen molar-refractivity contribution in [2.24, 2.45) is 11.7 Å². The topological polar surface area (TPSA) is 29.3 Å². The van der Waals surface area contributed by atoms with Crippen molar-refractivity contribution in [2.75, 3.05) is 13.1 Å². The Morgan fingerprint density at radius 1 is 1.20 bits per heavy atom. The van der Waals surface area contributed by atoms with Gasteiger partial charge >= 0.3 is 0 Å². The van der Waals surface area contributed by atoms with E-state index in [9.17, 15) is 0 Å². The van der Waals surface area contributed by atoms with Crippen molar-refractivity contribution in [1.82, 2.24) is 4.90 Å². The largest absolute Gasteiger partial charge is 0.329 e. The monoisotopic (exact) mass is 274 g/mol. The lowest BCUT2D eigenvalue weighted by molar-refractivity contribution is 0.191. The van der Waals surface area contributed by atoms with Crippen LogP contribution >= 0.6 is 0 Å². The molecule has 1 aliphatic carbocycles. The molecule has 0 saturated heterocycles. The summed E-state index contributed by atoms with van der Waals surface area (Å²) in [6, 6.07) is 10.3. The minimum absolute atomic E-state index is 0.399. The van der Waals surface area contributed by atoms with Crippen molar-refractivity contribution in [3.05, 3.63) is 35.4 Å². The predicted octanol–water partition coefficient (Wildman–Crippen LogP) is 3.76. The van der Waals surface area contributed by atoms with Gasteiger partial charge in [0.05, 0.1) is 0 Å². The summed E-state index contributed by atoms with van der Waals surface area (Å²) in [5.74, 6) is 0.717. The maximum absolute atomic E-state index is 6.08. The number of rotatable bonds is 8. The van der Waals surface area contributed by atoms with E-state index in [1.165, 1.54) is 36.9 Å². The molecule has 0 radical (unpaired) electrons. The summed E-state index contributed by atoms with van der Waals surface area (Å²) in [5.41, 5.74) is 8.91. The van der Waals surface area contributed by atoms with Crippen molar-refractivity contribution >= 4 is 0 Å². The van der Waals surface area contributed by atoms with Crippen LogP contribution in [-0.4, -0.2) is 24.0 Å². The average Bonchev–Trinajstić information content (AvgIpc) is 3.24. The third-order valence-electron chi connectivity index (χ3n) is 4.13. The van der Waals surface area contributed by atoms with Crippen LogP contribution in [0.5, 0.6) is 0 Å². The maximum atomic E-state index is 6.08. The summed E-state index contributed by atoms with van der Waals surface area (Å²) in [7, 11) is 0. The molecule has 0 aromatic heterocycles. The molecule has 0 aliphatic heterocycles. The predicted molar refractivity (Wildman–Crippen MR) is 86.8 cm³/mol. The molecule has 0 spiro atoms. The fourth-order valence-corrected chi connectivity index (χ4v) is 3.07. The first kappa shape index (κ1) is 15.5. The summed E-state index contributed by atoms with van der Waals surface area (Å²) >= 11 is 0. The highest BCUT2D eigenvalue weighted by Gasteiger charge is 2.33. The molecule has 2 rings (SSSR count). The fraction of sp³-hybridized carbons (Fsp3) is 0.667. The molecule has 20 heavy (non-hydrogen) atoms. The number of benzene rings is 1. The molecular formula is C18H30N2. The molecule has 1 saturated carbocycles. The van der Waals surface area contributed by atoms with Gasteiger partial charge in [-0.05, 0) is 49.3 Å². The van der Waals surface area contributed by atoms with E-state index in [-0.39, 0.29) is 0 Å². The van der Waals surface area contributed by atoms with Crippen molar-refractivity contribution < 1.29 is 0 Å². The second-order valence-electron chi connectivity index (χ2n) is 6.56. The molecule has 1 unspecified atom stereocenters. The van der Waals surface area contributed by atoms with Crippen LogP contribution in [0.15, 0.2) is 24.3 Å². The molecule has 2 nitrogen and oxygen atoms in total. The minimum atomic E-state index is 0.399. The van der Waals surface area contributed by atoms with E-state index in [2.05, 4.69) is 49.9 Å². The van der Waals surface area contributed by atoms with Crippen LogP contribution in [0, 0.1) is 5.92 Å². The zero-order valence-corrected chi connectivity index (χ0v) is 13.3. The third kappa shape index (κ3) is 4.07. The van der Waals surface area contributed by atoms with E-state index in [0.29, 0.717) is 12.0 Å². The zero-order valence-electron chi connectivity index (χ0n) is 13.3. The molecule has 0 bridgehead atoms. The molecule has 1 aromatic carbocycles. The van der Waals surface area contributed by atoms with Crippen molar-refractivity contribution in [2.45, 2.75) is 58.5 Å². The Morgan fingerprint density at radius 3 is 2.30 bits per heavy atom. The van der Waals surface area contributed by atoms with Gasteiger partial charge < -0.3 is 5.73 Å². The summed E-state index contributed by atoms with van der Waals surface area (Å²) in [6.07, 6.45) is 5.07. The van der Waals surface area contributed by atoms with Crippen LogP contribution in [0.1, 0.15) is 57.2 Å². The molecule has 112 valence electrons. The molecule has 0 heterocycles. The van der Waals surface area contributed by atoms with Crippen LogP contribution in [0.2, 0.25) is 0 Å². The van der Waals surface area contributed by atoms with Crippen LogP contribution in [0.3, 0.4) is 0 Å². The van der Waals surface area contributed by atoms with E-state index >= 15 is 0 Å². The van der Waals surface area contributed by atoms with E-state index in [1.54, 1.807) is 0 Å². The summed E-state index contributed by atoms with van der Waals surface area (Å²) in [6.45, 7) is 8.69. The first-order chi connectivity index (χ1) is 9.65. The van der Waals surface area contributed by atoms with Gasteiger partial charge in [-0.2, -0.15) is 0 Å². The van der Waals surface area contributed by atoms with E-state index < -0.39 is 0 Å². The first-order valence-corrected chi connectivity index (χ1v) is 8.20. The van der Waals surface area contributed by atoms with Gasteiger partial charge in [-0.3, -0.25) is 4.90 Å². The van der Waals surface area contributed by atoms with Crippen LogP contribution < -0.4 is 5.73 Å². The van der Waals surface area contributed by atoms with E-state index in [4.69, 9.17) is 5.73 Å². The van der Waals surface area contributed by atoms with Gasteiger partial charge in [0.25, 0.3) is 0 Å². The Kier molecular flexibility index (Phi) is 5.62. The highest BCUT2D eigenvalue weighted by molar-refractivity contribution is 5.26. The lowest BCUT2D eigenvalue weighted by Gasteiger charge is -2.31. The number of nitrogens with zero attached hydrogens (tertiary/aromatic N) is 1. The summed E-state index contributed by atoms with van der Waals surface area (Å²) in [5, 5.41) is 0. The average molecular weight is 274 g/mol. The molecule has 1 aliphatic rings. The second kappa shape index (κ2) is 7.24. The normalized spacial score (nSPS) is 16.9. The first-order valence-electron chi connectivity index (χ1n) is 8.20. The highest BCUT2D eigenvalue weighted by Crippen LogP contribution is 2.34. The molecule has 1 aromatic rings. The van der Waals surface area contributed by atoms with Gasteiger partial charge in [0.15, 0.2) is 0 Å². The SMILES string of the molecule is CCCN(C1CC1)C(CN)c1ccc(CC(C)C)cc1. The molecule has 1 fully saturated rings. The van der Waals surface area contributed by atoms with E-state index in [1.807, 2.05) is 0 Å². The highest BCUT2D eigenvalue weighted by atomic mass is 15.2. The quantitative estimate of drug-likeness (QED) is 0.782. The minimum Gasteiger partial charge on any atom is -0.329 e. The van der Waals surface area contributed by atoms with Gasteiger partial charge in [-0.1, -0.05) is 45.0 Å². The Balaban J connectivity index is 2.09. The van der Waals surface area contributed by atoms with Gasteiger partial charge in [0, 0.05) is 18.6 Å². The fourth-order valence-electron chi connectivity index (χ4n) is 3.07. The molecule has 0 amide bonds. The number of hydrogen-bond donors (Lipinski definition) is 1. The lowest BCUT2D eigenvalue weighted by atomic mass is 9.98. The van der Waals surface area contributed by atoms with Gasteiger partial charge in [-0.25, -0.2) is 0 Å². The Hall–Kier alpha value is -0.860. The zero-order chi connectivity index (χ0) is 14.5. The van der Waals surface area contributed by atoms with Gasteiger partial charge in [0.1, 0.15) is 0 Å². The van der Waals surface area contributed by atoms with Crippen LogP contribution in [0.25, 0.3) is 0 Å². The van der Waals surface area contributed by atoms with Crippen molar-refractivity contribution in [3.8, 4) is 0 Å². The van der Waals surface area contributed by atoms with E-state index in [0.717, 1.165) is 19.0 Å².